The molecule has 16 heavy (non-hydrogen) atoms. The van der Waals surface area contributed by atoms with Gasteiger partial charge in [0.15, 0.2) is 0 Å². The van der Waals surface area contributed by atoms with E-state index >= 15 is 0 Å². The normalized spacial score (nSPS) is 16.3. The number of hydrogen-bond acceptors (Lipinski definition) is 1. The number of carbonyl (C=O) groups excluding carboxylic acids is 1. The van der Waals surface area contributed by atoms with Gasteiger partial charge in [-0.05, 0) is 24.5 Å². The molecule has 3 heteroatoms. The summed E-state index contributed by atoms with van der Waals surface area (Å²) in [4.78, 5) is 11.8. The lowest BCUT2D eigenvalue weighted by Gasteiger charge is -2.11. The zero-order valence-corrected chi connectivity index (χ0v) is 10.8. The van der Waals surface area contributed by atoms with Crippen LogP contribution in [0.4, 0.5) is 0 Å². The highest BCUT2D eigenvalue weighted by atomic mass is 79.9. The van der Waals surface area contributed by atoms with Gasteiger partial charge in [0.05, 0.1) is 0 Å². The molecular weight excluding hydrogens is 266 g/mol. The number of nitrogens with one attached hydrogen (secondary N) is 1. The summed E-state index contributed by atoms with van der Waals surface area (Å²) in [6.07, 6.45) is 4.52. The molecule has 0 saturated heterocycles. The van der Waals surface area contributed by atoms with Crippen molar-refractivity contribution < 1.29 is 4.79 Å². The Morgan fingerprint density at radius 2 is 2.00 bits per heavy atom. The zero-order chi connectivity index (χ0) is 11.4. The van der Waals surface area contributed by atoms with Crippen LogP contribution in [0.5, 0.6) is 0 Å². The Balaban J connectivity index is 1.87. The van der Waals surface area contributed by atoms with Gasteiger partial charge in [-0.2, -0.15) is 0 Å². The summed E-state index contributed by atoms with van der Waals surface area (Å²) in [6, 6.07) is 7.99. The fraction of sp³-hybridized carbons (Fsp3) is 0.462. The summed E-state index contributed by atoms with van der Waals surface area (Å²) < 4.78 is 1.06. The quantitative estimate of drug-likeness (QED) is 0.905. The van der Waals surface area contributed by atoms with Crippen LogP contribution >= 0.6 is 15.9 Å². The smallest absolute Gasteiger partial charge is 0.223 e. The Hall–Kier alpha value is -0.830. The molecule has 1 aromatic rings. The van der Waals surface area contributed by atoms with Crippen molar-refractivity contribution in [3.8, 4) is 0 Å². The topological polar surface area (TPSA) is 29.1 Å². The van der Waals surface area contributed by atoms with Gasteiger partial charge >= 0.3 is 0 Å². The number of amides is 1. The molecule has 0 bridgehead atoms. The summed E-state index contributed by atoms with van der Waals surface area (Å²) in [5.74, 6) is 0.468. The largest absolute Gasteiger partial charge is 0.352 e. The van der Waals surface area contributed by atoms with Crippen LogP contribution in [-0.2, 0) is 11.3 Å². The predicted octanol–water partition coefficient (Wildman–Crippen LogP) is 3.26. The van der Waals surface area contributed by atoms with E-state index in [9.17, 15) is 4.79 Å². The Morgan fingerprint density at radius 3 is 2.69 bits per heavy atom. The molecule has 1 N–H and O–H groups in total. The van der Waals surface area contributed by atoms with Crippen molar-refractivity contribution in [3.05, 3.63) is 34.3 Å². The Kier molecular flexibility index (Phi) is 3.99. The minimum Gasteiger partial charge on any atom is -0.352 e. The van der Waals surface area contributed by atoms with E-state index in [1.807, 2.05) is 24.3 Å². The number of carbonyl (C=O) groups is 1. The molecule has 1 aliphatic rings. The minimum absolute atomic E-state index is 0.216. The molecule has 2 nitrogen and oxygen atoms in total. The summed E-state index contributed by atoms with van der Waals surface area (Å²) in [5.41, 5.74) is 1.13. The maximum absolute atomic E-state index is 11.8. The Bertz CT molecular complexity index is 372. The van der Waals surface area contributed by atoms with Crippen molar-refractivity contribution in [1.82, 2.24) is 5.32 Å². The average Bonchev–Trinajstić information content (AvgIpc) is 2.81. The van der Waals surface area contributed by atoms with Crippen LogP contribution in [0.15, 0.2) is 28.7 Å². The second-order valence-corrected chi connectivity index (χ2v) is 5.14. The van der Waals surface area contributed by atoms with E-state index in [0.717, 1.165) is 22.9 Å². The van der Waals surface area contributed by atoms with Crippen molar-refractivity contribution in [2.45, 2.75) is 32.2 Å². The molecule has 2 rings (SSSR count). The number of rotatable bonds is 3. The second kappa shape index (κ2) is 5.48. The Labute approximate surface area is 105 Å². The van der Waals surface area contributed by atoms with E-state index in [4.69, 9.17) is 0 Å². The maximum atomic E-state index is 11.8. The fourth-order valence-electron chi connectivity index (χ4n) is 2.16. The van der Waals surface area contributed by atoms with E-state index < -0.39 is 0 Å². The summed E-state index contributed by atoms with van der Waals surface area (Å²) in [5, 5.41) is 3.01. The van der Waals surface area contributed by atoms with E-state index in [0.29, 0.717) is 6.54 Å². The molecule has 0 heterocycles. The van der Waals surface area contributed by atoms with Crippen molar-refractivity contribution in [1.29, 1.82) is 0 Å². The molecule has 0 radical (unpaired) electrons. The van der Waals surface area contributed by atoms with Crippen LogP contribution in [0.25, 0.3) is 0 Å². The molecule has 1 aliphatic carbocycles. The van der Waals surface area contributed by atoms with E-state index in [2.05, 4.69) is 21.2 Å². The second-order valence-electron chi connectivity index (χ2n) is 4.29. The molecule has 0 aromatic heterocycles. The third kappa shape index (κ3) is 2.85. The molecule has 1 aromatic carbocycles. The highest BCUT2D eigenvalue weighted by Gasteiger charge is 2.22. The van der Waals surface area contributed by atoms with Gasteiger partial charge in [0.2, 0.25) is 5.91 Å². The van der Waals surface area contributed by atoms with Crippen LogP contribution in [0.2, 0.25) is 0 Å². The standard InChI is InChI=1S/C13H16BrNO/c14-12-8-4-3-7-11(12)9-15-13(16)10-5-1-2-6-10/h3-4,7-8,10H,1-2,5-6,9H2,(H,15,16). The van der Waals surface area contributed by atoms with Gasteiger partial charge < -0.3 is 5.32 Å². The van der Waals surface area contributed by atoms with E-state index in [1.54, 1.807) is 0 Å². The van der Waals surface area contributed by atoms with E-state index in [-0.39, 0.29) is 11.8 Å². The monoisotopic (exact) mass is 281 g/mol. The Morgan fingerprint density at radius 1 is 1.31 bits per heavy atom. The van der Waals surface area contributed by atoms with Crippen molar-refractivity contribution >= 4 is 21.8 Å². The van der Waals surface area contributed by atoms with Gasteiger partial charge in [-0.3, -0.25) is 4.79 Å². The SMILES string of the molecule is O=C(NCc1ccccc1Br)C1CCCC1. The van der Waals surface area contributed by atoms with Gasteiger partial charge in [-0.15, -0.1) is 0 Å². The maximum Gasteiger partial charge on any atom is 0.223 e. The number of benzene rings is 1. The highest BCUT2D eigenvalue weighted by molar-refractivity contribution is 9.10. The van der Waals surface area contributed by atoms with Gasteiger partial charge in [-0.1, -0.05) is 47.0 Å². The van der Waals surface area contributed by atoms with Gasteiger partial charge in [0.25, 0.3) is 0 Å². The van der Waals surface area contributed by atoms with Gasteiger partial charge in [0.1, 0.15) is 0 Å². The van der Waals surface area contributed by atoms with Crippen LogP contribution in [0.3, 0.4) is 0 Å². The lowest BCUT2D eigenvalue weighted by Crippen LogP contribution is -2.28. The third-order valence-electron chi connectivity index (χ3n) is 3.14. The minimum atomic E-state index is 0.216. The number of halogens is 1. The lowest BCUT2D eigenvalue weighted by molar-refractivity contribution is -0.124. The first-order valence-electron chi connectivity index (χ1n) is 5.78. The summed E-state index contributed by atoms with van der Waals surface area (Å²) in [6.45, 7) is 0.622. The number of hydrogen-bond donors (Lipinski definition) is 1. The molecule has 86 valence electrons. The molecule has 0 spiro atoms. The molecule has 0 atom stereocenters. The van der Waals surface area contributed by atoms with Crippen molar-refractivity contribution in [2.75, 3.05) is 0 Å². The van der Waals surface area contributed by atoms with E-state index in [1.165, 1.54) is 12.8 Å². The fourth-order valence-corrected chi connectivity index (χ4v) is 2.58. The molecule has 1 amide bonds. The average molecular weight is 282 g/mol. The van der Waals surface area contributed by atoms with Crippen LogP contribution in [0, 0.1) is 5.92 Å². The predicted molar refractivity (Wildman–Crippen MR) is 67.9 cm³/mol. The highest BCUT2D eigenvalue weighted by Crippen LogP contribution is 2.25. The van der Waals surface area contributed by atoms with Crippen molar-refractivity contribution in [3.63, 3.8) is 0 Å². The summed E-state index contributed by atoms with van der Waals surface area (Å²) in [7, 11) is 0. The lowest BCUT2D eigenvalue weighted by atomic mass is 10.1. The van der Waals surface area contributed by atoms with Gasteiger partial charge in [0, 0.05) is 16.9 Å². The molecular formula is C13H16BrNO. The first kappa shape index (κ1) is 11.6. The first-order chi connectivity index (χ1) is 7.77. The third-order valence-corrected chi connectivity index (χ3v) is 3.91. The first-order valence-corrected chi connectivity index (χ1v) is 6.58. The van der Waals surface area contributed by atoms with Crippen LogP contribution < -0.4 is 5.32 Å². The molecule has 1 fully saturated rings. The van der Waals surface area contributed by atoms with Crippen LogP contribution in [-0.4, -0.2) is 5.91 Å². The zero-order valence-electron chi connectivity index (χ0n) is 9.21. The summed E-state index contributed by atoms with van der Waals surface area (Å²) >= 11 is 3.48. The van der Waals surface area contributed by atoms with Gasteiger partial charge in [-0.25, -0.2) is 0 Å². The molecule has 1 saturated carbocycles. The molecule has 0 unspecified atom stereocenters. The van der Waals surface area contributed by atoms with Crippen LogP contribution in [0.1, 0.15) is 31.2 Å². The molecule has 0 aliphatic heterocycles. The van der Waals surface area contributed by atoms with Crippen molar-refractivity contribution in [2.24, 2.45) is 5.92 Å².